The van der Waals surface area contributed by atoms with Gasteiger partial charge in [-0.15, -0.1) is 0 Å². The molecule has 0 aromatic heterocycles. The molecule has 15 heavy (non-hydrogen) atoms. The number of anilines is 1. The Kier molecular flexibility index (Phi) is 3.99. The first-order chi connectivity index (χ1) is 6.97. The van der Waals surface area contributed by atoms with Crippen molar-refractivity contribution < 1.29 is 8.42 Å². The van der Waals surface area contributed by atoms with Crippen molar-refractivity contribution in [2.24, 2.45) is 0 Å². The largest absolute Gasteiger partial charge is 0.398 e. The quantitative estimate of drug-likeness (QED) is 0.832. The smallest absolute Gasteiger partial charge is 0.180 e. The van der Waals surface area contributed by atoms with Gasteiger partial charge in [0.15, 0.2) is 9.84 Å². The molecule has 0 aliphatic heterocycles. The second-order valence-corrected chi connectivity index (χ2v) is 5.87. The summed E-state index contributed by atoms with van der Waals surface area (Å²) in [6.45, 7) is 1.94. The van der Waals surface area contributed by atoms with Crippen molar-refractivity contribution >= 4 is 27.1 Å². The third-order valence-electron chi connectivity index (χ3n) is 2.08. The van der Waals surface area contributed by atoms with Gasteiger partial charge in [-0.3, -0.25) is 0 Å². The van der Waals surface area contributed by atoms with E-state index < -0.39 is 9.84 Å². The Hall–Kier alpha value is -0.740. The van der Waals surface area contributed by atoms with Gasteiger partial charge in [-0.1, -0.05) is 24.9 Å². The van der Waals surface area contributed by atoms with E-state index in [1.54, 1.807) is 6.07 Å². The van der Waals surface area contributed by atoms with Crippen LogP contribution < -0.4 is 5.73 Å². The molecule has 1 aromatic rings. The predicted octanol–water partition coefficient (Wildman–Crippen LogP) is 2.50. The highest BCUT2D eigenvalue weighted by atomic mass is 35.5. The lowest BCUT2D eigenvalue weighted by Gasteiger charge is -2.07. The maximum Gasteiger partial charge on any atom is 0.180 e. The van der Waals surface area contributed by atoms with Crippen LogP contribution in [0.4, 0.5) is 5.69 Å². The fourth-order valence-electron chi connectivity index (χ4n) is 1.22. The molecule has 0 amide bonds. The van der Waals surface area contributed by atoms with Crippen LogP contribution in [0.25, 0.3) is 0 Å². The van der Waals surface area contributed by atoms with E-state index in [-0.39, 0.29) is 16.3 Å². The number of hydrogen-bond donors (Lipinski definition) is 1. The summed E-state index contributed by atoms with van der Waals surface area (Å²) in [5, 5.41) is 0.388. The lowest BCUT2D eigenvalue weighted by molar-refractivity contribution is 0.593. The van der Waals surface area contributed by atoms with Gasteiger partial charge in [0.05, 0.1) is 16.3 Å². The van der Waals surface area contributed by atoms with E-state index in [1.165, 1.54) is 12.1 Å². The number of sulfone groups is 1. The zero-order chi connectivity index (χ0) is 11.5. The molecule has 0 radical (unpaired) electrons. The van der Waals surface area contributed by atoms with Gasteiger partial charge in [0, 0.05) is 5.02 Å². The highest BCUT2D eigenvalue weighted by molar-refractivity contribution is 7.91. The van der Waals surface area contributed by atoms with Crippen molar-refractivity contribution in [1.29, 1.82) is 0 Å². The van der Waals surface area contributed by atoms with Gasteiger partial charge >= 0.3 is 0 Å². The summed E-state index contributed by atoms with van der Waals surface area (Å²) >= 11 is 5.74. The Labute approximate surface area is 95.2 Å². The molecule has 3 nitrogen and oxygen atoms in total. The molecule has 0 aliphatic rings. The second-order valence-electron chi connectivity index (χ2n) is 3.35. The van der Waals surface area contributed by atoms with Gasteiger partial charge in [0.1, 0.15) is 0 Å². The fourth-order valence-corrected chi connectivity index (χ4v) is 3.08. The summed E-state index contributed by atoms with van der Waals surface area (Å²) < 4.78 is 23.7. The van der Waals surface area contributed by atoms with E-state index in [0.717, 1.165) is 6.42 Å². The van der Waals surface area contributed by atoms with E-state index in [2.05, 4.69) is 0 Å². The molecule has 0 saturated heterocycles. The molecule has 0 spiro atoms. The maximum absolute atomic E-state index is 11.8. The van der Waals surface area contributed by atoms with Crippen LogP contribution in [0, 0.1) is 0 Å². The highest BCUT2D eigenvalue weighted by Crippen LogP contribution is 2.24. The van der Waals surface area contributed by atoms with Crippen LogP contribution in [0.15, 0.2) is 23.1 Å². The minimum atomic E-state index is -3.29. The molecule has 0 atom stereocenters. The van der Waals surface area contributed by atoms with E-state index in [0.29, 0.717) is 11.4 Å². The average molecular weight is 248 g/mol. The molecule has 5 heteroatoms. The maximum atomic E-state index is 11.8. The Balaban J connectivity index is 3.09. The number of nitrogens with two attached hydrogens (primary N) is 1. The first kappa shape index (κ1) is 12.3. The van der Waals surface area contributed by atoms with Crippen molar-refractivity contribution in [2.75, 3.05) is 11.5 Å². The van der Waals surface area contributed by atoms with Crippen molar-refractivity contribution in [1.82, 2.24) is 0 Å². The molecule has 0 bridgehead atoms. The number of hydrogen-bond acceptors (Lipinski definition) is 3. The monoisotopic (exact) mass is 247 g/mol. The van der Waals surface area contributed by atoms with Crippen LogP contribution in [0.3, 0.4) is 0 Å². The lowest BCUT2D eigenvalue weighted by Crippen LogP contribution is -2.09. The molecular formula is C10H14ClNO2S. The molecule has 0 aliphatic carbocycles. The molecule has 84 valence electrons. The van der Waals surface area contributed by atoms with Crippen LogP contribution >= 0.6 is 11.6 Å². The van der Waals surface area contributed by atoms with Gasteiger partial charge < -0.3 is 5.73 Å². The number of rotatable bonds is 4. The number of unbranched alkanes of at least 4 members (excludes halogenated alkanes) is 1. The predicted molar refractivity (Wildman–Crippen MR) is 62.8 cm³/mol. The Morgan fingerprint density at radius 2 is 2.07 bits per heavy atom. The first-order valence-corrected chi connectivity index (χ1v) is 6.78. The summed E-state index contributed by atoms with van der Waals surface area (Å²) in [5.74, 6) is 0.119. The number of nitrogen functional groups attached to an aromatic ring is 1. The second kappa shape index (κ2) is 4.86. The highest BCUT2D eigenvalue weighted by Gasteiger charge is 2.17. The van der Waals surface area contributed by atoms with Gasteiger partial charge in [-0.05, 0) is 24.6 Å². The van der Waals surface area contributed by atoms with Gasteiger partial charge in [0.25, 0.3) is 0 Å². The minimum absolute atomic E-state index is 0.119. The number of benzene rings is 1. The Morgan fingerprint density at radius 1 is 1.40 bits per heavy atom. The zero-order valence-corrected chi connectivity index (χ0v) is 10.1. The molecule has 0 unspecified atom stereocenters. The van der Waals surface area contributed by atoms with Crippen LogP contribution in [-0.4, -0.2) is 14.2 Å². The van der Waals surface area contributed by atoms with E-state index >= 15 is 0 Å². The molecule has 1 rings (SSSR count). The topological polar surface area (TPSA) is 60.2 Å². The van der Waals surface area contributed by atoms with Gasteiger partial charge in [-0.25, -0.2) is 8.42 Å². The fraction of sp³-hybridized carbons (Fsp3) is 0.400. The van der Waals surface area contributed by atoms with E-state index in [9.17, 15) is 8.42 Å². The lowest BCUT2D eigenvalue weighted by atomic mass is 10.3. The first-order valence-electron chi connectivity index (χ1n) is 4.75. The van der Waals surface area contributed by atoms with Crippen molar-refractivity contribution in [2.45, 2.75) is 24.7 Å². The van der Waals surface area contributed by atoms with E-state index in [1.807, 2.05) is 6.92 Å². The normalized spacial score (nSPS) is 11.6. The molecule has 0 heterocycles. The van der Waals surface area contributed by atoms with Crippen LogP contribution in [0.5, 0.6) is 0 Å². The van der Waals surface area contributed by atoms with Crippen LogP contribution in [0.1, 0.15) is 19.8 Å². The third kappa shape index (κ3) is 3.11. The third-order valence-corrected chi connectivity index (χ3v) is 4.16. The Bertz CT molecular complexity index is 443. The summed E-state index contributed by atoms with van der Waals surface area (Å²) in [5.41, 5.74) is 5.87. The van der Waals surface area contributed by atoms with Crippen LogP contribution in [0.2, 0.25) is 5.02 Å². The molecule has 0 fully saturated rings. The summed E-state index contributed by atoms with van der Waals surface area (Å²) in [6, 6.07) is 4.50. The number of halogens is 1. The van der Waals surface area contributed by atoms with Gasteiger partial charge in [0.2, 0.25) is 0 Å². The van der Waals surface area contributed by atoms with Crippen LogP contribution in [-0.2, 0) is 9.84 Å². The summed E-state index contributed by atoms with van der Waals surface area (Å²) in [4.78, 5) is 0.142. The van der Waals surface area contributed by atoms with Gasteiger partial charge in [-0.2, -0.15) is 0 Å². The standard InChI is InChI=1S/C10H14ClNO2S/c1-2-3-6-15(13,14)10-7-8(11)4-5-9(10)12/h4-5,7H,2-3,6,12H2,1H3. The van der Waals surface area contributed by atoms with Crippen molar-refractivity contribution in [3.05, 3.63) is 23.2 Å². The van der Waals surface area contributed by atoms with Crippen molar-refractivity contribution in [3.8, 4) is 0 Å². The molecule has 1 aromatic carbocycles. The van der Waals surface area contributed by atoms with Crippen molar-refractivity contribution in [3.63, 3.8) is 0 Å². The Morgan fingerprint density at radius 3 is 2.67 bits per heavy atom. The SMILES string of the molecule is CCCCS(=O)(=O)c1cc(Cl)ccc1N. The minimum Gasteiger partial charge on any atom is -0.398 e. The summed E-state index contributed by atoms with van der Waals surface area (Å²) in [7, 11) is -3.29. The molecule has 0 saturated carbocycles. The van der Waals surface area contributed by atoms with E-state index in [4.69, 9.17) is 17.3 Å². The zero-order valence-electron chi connectivity index (χ0n) is 8.53. The molecule has 2 N–H and O–H groups in total. The average Bonchev–Trinajstić information content (AvgIpc) is 2.18. The summed E-state index contributed by atoms with van der Waals surface area (Å²) in [6.07, 6.45) is 1.47. The molecular weight excluding hydrogens is 234 g/mol.